The Morgan fingerprint density at radius 1 is 1.00 bits per heavy atom. The highest BCUT2D eigenvalue weighted by Gasteiger charge is 2.33. The summed E-state index contributed by atoms with van der Waals surface area (Å²) in [5.74, 6) is -0.281. The molecule has 1 aliphatic rings. The van der Waals surface area contributed by atoms with Crippen LogP contribution in [0.3, 0.4) is 0 Å². The minimum absolute atomic E-state index is 0.0363. The van der Waals surface area contributed by atoms with Gasteiger partial charge in [0.15, 0.2) is 0 Å². The van der Waals surface area contributed by atoms with Gasteiger partial charge in [0, 0.05) is 39.1 Å². The van der Waals surface area contributed by atoms with E-state index < -0.39 is 21.1 Å². The lowest BCUT2D eigenvalue weighted by molar-refractivity contribution is -0.134. The number of benzene rings is 2. The lowest BCUT2D eigenvalue weighted by atomic mass is 9.90. The molecule has 0 spiro atoms. The molecule has 34 heavy (non-hydrogen) atoms. The molecular formula is C23H24F3N3O3S2. The van der Waals surface area contributed by atoms with Crippen molar-refractivity contribution < 1.29 is 26.4 Å². The number of hydrogen-bond donors (Lipinski definition) is 3. The summed E-state index contributed by atoms with van der Waals surface area (Å²) in [6.07, 6.45) is -0.366. The van der Waals surface area contributed by atoms with Crippen LogP contribution in [-0.2, 0) is 16.2 Å². The highest BCUT2D eigenvalue weighted by molar-refractivity contribution is 7.92. The molecule has 0 atom stereocenters. The van der Waals surface area contributed by atoms with Gasteiger partial charge in [0.05, 0.1) is 6.26 Å². The van der Waals surface area contributed by atoms with E-state index in [1.807, 2.05) is 0 Å². The summed E-state index contributed by atoms with van der Waals surface area (Å²) in [5.41, 5.74) is 1.37. The zero-order chi connectivity index (χ0) is 24.5. The van der Waals surface area contributed by atoms with Crippen molar-refractivity contribution in [2.45, 2.75) is 43.9 Å². The minimum atomic E-state index is -4.36. The molecule has 4 rings (SSSR count). The third kappa shape index (κ3) is 6.01. The molecule has 0 aliphatic heterocycles. The first-order valence-electron chi connectivity index (χ1n) is 10.7. The summed E-state index contributed by atoms with van der Waals surface area (Å²) >= 11 is 0.739. The van der Waals surface area contributed by atoms with E-state index in [1.165, 1.54) is 12.1 Å². The Balaban J connectivity index is 1.35. The average Bonchev–Trinajstić information content (AvgIpc) is 3.20. The van der Waals surface area contributed by atoms with Crippen LogP contribution >= 0.6 is 11.3 Å². The number of alkyl halides is 3. The van der Waals surface area contributed by atoms with Crippen LogP contribution in [0.4, 0.5) is 24.5 Å². The summed E-state index contributed by atoms with van der Waals surface area (Å²) in [7, 11) is -3.44. The van der Waals surface area contributed by atoms with Crippen molar-refractivity contribution in [3.63, 3.8) is 0 Å². The molecule has 11 heteroatoms. The summed E-state index contributed by atoms with van der Waals surface area (Å²) in [6.45, 7) is 0. The Morgan fingerprint density at radius 2 is 1.68 bits per heavy atom. The Morgan fingerprint density at radius 3 is 2.35 bits per heavy atom. The maximum absolute atomic E-state index is 13.1. The van der Waals surface area contributed by atoms with Gasteiger partial charge >= 0.3 is 6.18 Å². The number of rotatable bonds is 6. The van der Waals surface area contributed by atoms with Crippen molar-refractivity contribution >= 4 is 48.7 Å². The number of carbonyl (C=O) groups excluding carboxylic acids is 1. The minimum Gasteiger partial charge on any atom is -0.382 e. The van der Waals surface area contributed by atoms with Gasteiger partial charge in [0.2, 0.25) is 10.0 Å². The smallest absolute Gasteiger partial charge is 0.382 e. The predicted molar refractivity (Wildman–Crippen MR) is 129 cm³/mol. The molecule has 0 saturated heterocycles. The second-order valence-corrected chi connectivity index (χ2v) is 11.3. The fourth-order valence-electron chi connectivity index (χ4n) is 4.14. The summed E-state index contributed by atoms with van der Waals surface area (Å²) in [4.78, 5) is 12.0. The summed E-state index contributed by atoms with van der Waals surface area (Å²) in [6, 6.07) is 12.8. The highest BCUT2D eigenvalue weighted by atomic mass is 32.2. The number of thiophene rings is 1. The first kappa shape index (κ1) is 24.3. The number of anilines is 2. The number of fused-ring (bicyclic) bond motifs is 1. The van der Waals surface area contributed by atoms with Crippen molar-refractivity contribution in [1.82, 2.24) is 5.32 Å². The van der Waals surface area contributed by atoms with E-state index in [2.05, 4.69) is 15.4 Å². The van der Waals surface area contributed by atoms with Crippen LogP contribution in [0.5, 0.6) is 0 Å². The van der Waals surface area contributed by atoms with Gasteiger partial charge in [-0.25, -0.2) is 8.42 Å². The Kier molecular flexibility index (Phi) is 6.77. The molecule has 1 amide bonds. The van der Waals surface area contributed by atoms with Crippen LogP contribution in [0.15, 0.2) is 48.5 Å². The van der Waals surface area contributed by atoms with Gasteiger partial charge in [-0.1, -0.05) is 12.1 Å². The second kappa shape index (κ2) is 9.46. The molecule has 0 unspecified atom stereocenters. The molecule has 2 aromatic carbocycles. The molecular weight excluding hydrogens is 487 g/mol. The molecule has 1 fully saturated rings. The number of halogens is 3. The third-order valence-corrected chi connectivity index (χ3v) is 7.44. The second-order valence-electron chi connectivity index (χ2n) is 8.45. The molecule has 6 nitrogen and oxygen atoms in total. The Hall–Kier alpha value is -2.79. The first-order valence-corrected chi connectivity index (χ1v) is 13.4. The molecule has 0 radical (unpaired) electrons. The fraction of sp³-hybridized carbons (Fsp3) is 0.348. The number of hydrogen-bond acceptors (Lipinski definition) is 5. The molecule has 1 aliphatic carbocycles. The van der Waals surface area contributed by atoms with Crippen molar-refractivity contribution in [3.8, 4) is 0 Å². The maximum Gasteiger partial charge on any atom is 0.425 e. The van der Waals surface area contributed by atoms with E-state index in [1.54, 1.807) is 36.4 Å². The fourth-order valence-corrected chi connectivity index (χ4v) is 5.65. The Bertz CT molecular complexity index is 1300. The van der Waals surface area contributed by atoms with Gasteiger partial charge < -0.3 is 10.6 Å². The van der Waals surface area contributed by atoms with E-state index in [0.29, 0.717) is 27.0 Å². The van der Waals surface area contributed by atoms with Crippen LogP contribution in [0, 0.1) is 0 Å². The molecule has 3 N–H and O–H groups in total. The first-order chi connectivity index (χ1) is 16.0. The van der Waals surface area contributed by atoms with E-state index in [9.17, 15) is 26.4 Å². The van der Waals surface area contributed by atoms with Gasteiger partial charge in [-0.05, 0) is 62.1 Å². The topological polar surface area (TPSA) is 87.3 Å². The Labute approximate surface area is 199 Å². The zero-order valence-electron chi connectivity index (χ0n) is 18.3. The summed E-state index contributed by atoms with van der Waals surface area (Å²) < 4.78 is 65.1. The monoisotopic (exact) mass is 511 g/mol. The molecule has 1 aromatic heterocycles. The third-order valence-electron chi connectivity index (χ3n) is 5.69. The van der Waals surface area contributed by atoms with Crippen LogP contribution in [-0.4, -0.2) is 32.7 Å². The van der Waals surface area contributed by atoms with E-state index in [4.69, 9.17) is 0 Å². The SMILES string of the molecule is CS(=O)(=O)Nc1cccc(C(=O)N[C@H]2CC[C@@H](Nc3cccc4sc(C(F)(F)F)cc34)CC2)c1. The molecule has 0 bridgehead atoms. The van der Waals surface area contributed by atoms with Crippen molar-refractivity contribution in [3.05, 3.63) is 59.0 Å². The van der Waals surface area contributed by atoms with Crippen LogP contribution < -0.4 is 15.4 Å². The van der Waals surface area contributed by atoms with Gasteiger partial charge in [-0.2, -0.15) is 13.2 Å². The predicted octanol–water partition coefficient (Wildman–Crippen LogP) is 5.44. The molecule has 1 heterocycles. The molecule has 3 aromatic rings. The van der Waals surface area contributed by atoms with Gasteiger partial charge in [-0.3, -0.25) is 9.52 Å². The maximum atomic E-state index is 13.1. The van der Waals surface area contributed by atoms with E-state index in [-0.39, 0.29) is 18.0 Å². The average molecular weight is 512 g/mol. The van der Waals surface area contributed by atoms with Gasteiger partial charge in [0.25, 0.3) is 5.91 Å². The van der Waals surface area contributed by atoms with Crippen molar-refractivity contribution in [2.24, 2.45) is 0 Å². The van der Waals surface area contributed by atoms with Crippen LogP contribution in [0.1, 0.15) is 40.9 Å². The highest BCUT2D eigenvalue weighted by Crippen LogP contribution is 2.40. The molecule has 1 saturated carbocycles. The van der Waals surface area contributed by atoms with Crippen molar-refractivity contribution in [1.29, 1.82) is 0 Å². The quantitative estimate of drug-likeness (QED) is 0.411. The number of sulfonamides is 1. The summed E-state index contributed by atoms with van der Waals surface area (Å²) in [5, 5.41) is 6.94. The van der Waals surface area contributed by atoms with Gasteiger partial charge in [-0.15, -0.1) is 11.3 Å². The standard InChI is InChI=1S/C23H24F3N3O3S2/c1-34(31,32)29-17-5-2-4-14(12-17)22(30)28-16-10-8-15(9-11-16)27-19-6-3-7-20-18(19)13-21(33-20)23(24,25)26/h2-7,12-13,15-16,27,29H,8-11H2,1H3,(H,28,30)/t15-,16+. The largest absolute Gasteiger partial charge is 0.425 e. The van der Waals surface area contributed by atoms with Crippen LogP contribution in [0.25, 0.3) is 10.1 Å². The number of carbonyl (C=O) groups is 1. The normalized spacial score (nSPS) is 19.1. The zero-order valence-corrected chi connectivity index (χ0v) is 19.9. The number of amides is 1. The lowest BCUT2D eigenvalue weighted by Gasteiger charge is -2.30. The van der Waals surface area contributed by atoms with Crippen molar-refractivity contribution in [2.75, 3.05) is 16.3 Å². The van der Waals surface area contributed by atoms with Crippen LogP contribution in [0.2, 0.25) is 0 Å². The van der Waals surface area contributed by atoms with E-state index in [0.717, 1.165) is 43.3 Å². The number of nitrogens with one attached hydrogen (secondary N) is 3. The lowest BCUT2D eigenvalue weighted by Crippen LogP contribution is -2.40. The van der Waals surface area contributed by atoms with E-state index >= 15 is 0 Å². The van der Waals surface area contributed by atoms with Gasteiger partial charge in [0.1, 0.15) is 4.88 Å². The molecule has 182 valence electrons.